The minimum Gasteiger partial charge on any atom is -0.488 e. The highest BCUT2D eigenvalue weighted by molar-refractivity contribution is 6.36. The Kier molecular flexibility index (Phi) is 2.58. The Balaban J connectivity index is 3.00. The number of nitro benzene ring substituents is 1. The number of hydrogen-bond donors (Lipinski definition) is 0. The first-order valence-corrected chi connectivity index (χ1v) is 4.52. The van der Waals surface area contributed by atoms with Crippen LogP contribution in [-0.2, 0) is 9.59 Å². The number of nitrogens with zero attached hydrogens (tertiary/aromatic N) is 3. The van der Waals surface area contributed by atoms with Crippen LogP contribution in [0.3, 0.4) is 0 Å². The minimum absolute atomic E-state index is 0.371. The van der Waals surface area contributed by atoms with Crippen molar-refractivity contribution in [2.75, 3.05) is 7.11 Å². The molecule has 0 radical (unpaired) electrons. The van der Waals surface area contributed by atoms with Crippen LogP contribution in [0.5, 0.6) is 5.75 Å². The van der Waals surface area contributed by atoms with Crippen LogP contribution in [-0.4, -0.2) is 23.8 Å². The molecule has 1 aromatic carbocycles. The molecule has 8 nitrogen and oxygen atoms in total. The lowest BCUT2D eigenvalue weighted by Gasteiger charge is -2.04. The molecule has 18 heavy (non-hydrogen) atoms. The number of ether oxygens (including phenoxy) is 1. The Morgan fingerprint density at radius 2 is 1.94 bits per heavy atom. The zero-order chi connectivity index (χ0) is 13.4. The largest absolute Gasteiger partial charge is 0.488 e. The highest BCUT2D eigenvalue weighted by Gasteiger charge is 2.28. The van der Waals surface area contributed by atoms with E-state index in [2.05, 4.69) is 14.7 Å². The number of halogens is 1. The first-order valence-electron chi connectivity index (χ1n) is 4.52. The maximum Gasteiger partial charge on any atom is 0.341 e. The van der Waals surface area contributed by atoms with Crippen LogP contribution in [0.4, 0.5) is 10.1 Å². The van der Waals surface area contributed by atoms with Crippen LogP contribution < -0.4 is 15.5 Å². The molecule has 0 saturated heterocycles. The van der Waals surface area contributed by atoms with Gasteiger partial charge >= 0.3 is 17.5 Å². The lowest BCUT2D eigenvalue weighted by atomic mass is 10.2. The van der Waals surface area contributed by atoms with Crippen molar-refractivity contribution in [2.24, 2.45) is 9.98 Å². The van der Waals surface area contributed by atoms with Gasteiger partial charge in [-0.3, -0.25) is 19.7 Å². The van der Waals surface area contributed by atoms with Crippen LogP contribution in [0.1, 0.15) is 0 Å². The standard InChI is InChI=1S/C9H4FN3O5/c1-18-7-3(10)2-4-5(6(7)13(16)17)12-9(15)8(14)11-4/h2H,1H3. The van der Waals surface area contributed by atoms with Gasteiger partial charge in [-0.2, -0.15) is 4.99 Å². The van der Waals surface area contributed by atoms with E-state index in [9.17, 15) is 24.1 Å². The number of amides is 2. The summed E-state index contributed by atoms with van der Waals surface area (Å²) in [5.74, 6) is -4.19. The molecular formula is C9H4FN3O5. The van der Waals surface area contributed by atoms with E-state index < -0.39 is 39.3 Å². The summed E-state index contributed by atoms with van der Waals surface area (Å²) in [6, 6.07) is 0.745. The molecule has 2 amide bonds. The molecule has 2 rings (SSSR count). The molecule has 0 spiro atoms. The van der Waals surface area contributed by atoms with Gasteiger partial charge in [0.25, 0.3) is 0 Å². The van der Waals surface area contributed by atoms with Gasteiger partial charge < -0.3 is 4.74 Å². The van der Waals surface area contributed by atoms with Crippen molar-refractivity contribution >= 4 is 17.5 Å². The van der Waals surface area contributed by atoms with E-state index in [0.29, 0.717) is 0 Å². The molecule has 1 heterocycles. The second-order valence-corrected chi connectivity index (χ2v) is 3.20. The topological polar surface area (TPSA) is 111 Å². The average molecular weight is 253 g/mol. The molecule has 0 unspecified atom stereocenters. The Hall–Kier alpha value is -2.71. The van der Waals surface area contributed by atoms with Crippen LogP contribution in [0.25, 0.3) is 0 Å². The van der Waals surface area contributed by atoms with E-state index in [1.54, 1.807) is 0 Å². The molecule has 92 valence electrons. The van der Waals surface area contributed by atoms with Gasteiger partial charge in [0.2, 0.25) is 5.75 Å². The molecular weight excluding hydrogens is 249 g/mol. The van der Waals surface area contributed by atoms with Crippen molar-refractivity contribution in [3.8, 4) is 5.75 Å². The van der Waals surface area contributed by atoms with Crippen LogP contribution >= 0.6 is 0 Å². The van der Waals surface area contributed by atoms with Crippen molar-refractivity contribution in [2.45, 2.75) is 0 Å². The third-order valence-corrected chi connectivity index (χ3v) is 2.17. The van der Waals surface area contributed by atoms with Crippen LogP contribution in [0.15, 0.2) is 16.1 Å². The molecule has 1 aromatic rings. The lowest BCUT2D eigenvalue weighted by Crippen LogP contribution is -2.37. The number of benzene rings is 1. The number of rotatable bonds is 2. The van der Waals surface area contributed by atoms with Gasteiger partial charge in [0.1, 0.15) is 5.36 Å². The van der Waals surface area contributed by atoms with Crippen molar-refractivity contribution in [1.29, 1.82) is 0 Å². The van der Waals surface area contributed by atoms with Gasteiger partial charge in [0.05, 0.1) is 12.0 Å². The number of methoxy groups -OCH3 is 1. The quantitative estimate of drug-likeness (QED) is 0.383. The van der Waals surface area contributed by atoms with Gasteiger partial charge in [-0.25, -0.2) is 9.38 Å². The third kappa shape index (κ3) is 1.61. The normalized spacial score (nSPS) is 13.4. The molecule has 9 heteroatoms. The fourth-order valence-corrected chi connectivity index (χ4v) is 1.46. The first kappa shape index (κ1) is 11.8. The Morgan fingerprint density at radius 1 is 1.33 bits per heavy atom. The molecule has 0 N–H and O–H groups in total. The number of carbonyl (C=O) groups excluding carboxylic acids is 2. The summed E-state index contributed by atoms with van der Waals surface area (Å²) in [5, 5.41) is 10.00. The zero-order valence-electron chi connectivity index (χ0n) is 8.84. The van der Waals surface area contributed by atoms with Gasteiger partial charge in [-0.1, -0.05) is 0 Å². The van der Waals surface area contributed by atoms with Crippen LogP contribution in [0, 0.1) is 15.9 Å². The second-order valence-electron chi connectivity index (χ2n) is 3.20. The molecule has 0 fully saturated rings. The van der Waals surface area contributed by atoms with E-state index in [1.807, 2.05) is 0 Å². The summed E-state index contributed by atoms with van der Waals surface area (Å²) in [7, 11) is 1.03. The van der Waals surface area contributed by atoms with E-state index >= 15 is 0 Å². The summed E-state index contributed by atoms with van der Waals surface area (Å²) in [6.07, 6.45) is 0. The zero-order valence-corrected chi connectivity index (χ0v) is 8.84. The fourth-order valence-electron chi connectivity index (χ4n) is 1.46. The summed E-state index contributed by atoms with van der Waals surface area (Å²) >= 11 is 0. The van der Waals surface area contributed by atoms with Crippen molar-refractivity contribution in [1.82, 2.24) is 0 Å². The van der Waals surface area contributed by atoms with Crippen LogP contribution in [0.2, 0.25) is 0 Å². The number of nitro groups is 1. The molecule has 0 bridgehead atoms. The van der Waals surface area contributed by atoms with Gasteiger partial charge in [0.15, 0.2) is 11.2 Å². The lowest BCUT2D eigenvalue weighted by molar-refractivity contribution is -0.387. The van der Waals surface area contributed by atoms with Crippen molar-refractivity contribution < 1.29 is 23.6 Å². The summed E-state index contributed by atoms with van der Waals surface area (Å²) in [5.41, 5.74) is -0.836. The van der Waals surface area contributed by atoms with Crippen molar-refractivity contribution in [3.05, 3.63) is 32.7 Å². The summed E-state index contributed by atoms with van der Waals surface area (Å²) in [4.78, 5) is 38.4. The highest BCUT2D eigenvalue weighted by atomic mass is 19.1. The molecule has 0 saturated carbocycles. The summed E-state index contributed by atoms with van der Waals surface area (Å²) < 4.78 is 18.0. The molecule has 1 aliphatic rings. The van der Waals surface area contributed by atoms with E-state index in [1.165, 1.54) is 0 Å². The Bertz CT molecular complexity index is 712. The van der Waals surface area contributed by atoms with E-state index in [4.69, 9.17) is 0 Å². The second kappa shape index (κ2) is 3.95. The Morgan fingerprint density at radius 3 is 2.50 bits per heavy atom. The minimum atomic E-state index is -1.25. The molecule has 0 atom stereocenters. The number of fused-ring (bicyclic) bond motifs is 1. The maximum absolute atomic E-state index is 13.5. The molecule has 0 aliphatic carbocycles. The van der Waals surface area contributed by atoms with Gasteiger partial charge in [-0.05, 0) is 0 Å². The van der Waals surface area contributed by atoms with E-state index in [-0.39, 0.29) is 5.36 Å². The average Bonchev–Trinajstić information content (AvgIpc) is 2.29. The Labute approximate surface area is 97.6 Å². The smallest absolute Gasteiger partial charge is 0.341 e. The van der Waals surface area contributed by atoms with Crippen molar-refractivity contribution in [3.63, 3.8) is 0 Å². The number of carbonyl (C=O) groups is 2. The third-order valence-electron chi connectivity index (χ3n) is 2.17. The molecule has 1 aliphatic heterocycles. The predicted octanol–water partition coefficient (Wildman–Crippen LogP) is -0.952. The summed E-state index contributed by atoms with van der Waals surface area (Å²) in [6.45, 7) is 0. The fraction of sp³-hybridized carbons (Fsp3) is 0.111. The van der Waals surface area contributed by atoms with Gasteiger partial charge in [-0.15, -0.1) is 0 Å². The predicted molar refractivity (Wildman–Crippen MR) is 51.9 cm³/mol. The monoisotopic (exact) mass is 253 g/mol. The number of hydrogen-bond acceptors (Lipinski definition) is 5. The maximum atomic E-state index is 13.5. The SMILES string of the molecule is COc1c(F)cc2c(c1[N+](=O)[O-])=NC(=O)C(=O)N=2. The van der Waals surface area contributed by atoms with E-state index in [0.717, 1.165) is 13.2 Å². The van der Waals surface area contributed by atoms with Gasteiger partial charge in [0, 0.05) is 6.07 Å². The molecule has 0 aromatic heterocycles. The first-order chi connectivity index (χ1) is 8.45. The highest BCUT2D eigenvalue weighted by Crippen LogP contribution is 2.24.